The number of aliphatic hydroxyl groups excluding tert-OH is 1. The van der Waals surface area contributed by atoms with Gasteiger partial charge in [0.25, 0.3) is 0 Å². The van der Waals surface area contributed by atoms with Gasteiger partial charge in [-0.15, -0.1) is 0 Å². The first-order valence-electron chi connectivity index (χ1n) is 5.28. The third-order valence-electron chi connectivity index (χ3n) is 2.43. The van der Waals surface area contributed by atoms with Gasteiger partial charge in [0.15, 0.2) is 5.78 Å². The number of nitrogens with zero attached hydrogens (tertiary/aromatic N) is 2. The summed E-state index contributed by atoms with van der Waals surface area (Å²) in [5, 5.41) is 22.1. The average Bonchev–Trinajstić information content (AvgIpc) is 2.80. The molecule has 0 aliphatic heterocycles. The standard InChI is InChI=1S/C12H11FN2O3/c13-9-1-2-11(17)10(5-9)12(18)8-6-14-15(7-8)3-4-16/h1-2,5-7,16-17H,3-4H2. The molecule has 0 fully saturated rings. The molecule has 2 aromatic rings. The van der Waals surface area contributed by atoms with E-state index in [-0.39, 0.29) is 30.0 Å². The number of hydrogen-bond donors (Lipinski definition) is 2. The molecule has 6 heteroatoms. The van der Waals surface area contributed by atoms with Crippen molar-refractivity contribution < 1.29 is 19.4 Å². The van der Waals surface area contributed by atoms with Gasteiger partial charge in [-0.25, -0.2) is 4.39 Å². The van der Waals surface area contributed by atoms with Crippen molar-refractivity contribution in [2.24, 2.45) is 0 Å². The molecule has 1 heterocycles. The highest BCUT2D eigenvalue weighted by atomic mass is 19.1. The normalized spacial score (nSPS) is 10.6. The molecule has 0 amide bonds. The number of carbonyl (C=O) groups excluding carboxylic acids is 1. The van der Waals surface area contributed by atoms with Crippen molar-refractivity contribution in [2.45, 2.75) is 6.54 Å². The fourth-order valence-electron chi connectivity index (χ4n) is 1.55. The fraction of sp³-hybridized carbons (Fsp3) is 0.167. The van der Waals surface area contributed by atoms with Crippen molar-refractivity contribution in [3.05, 3.63) is 47.5 Å². The Bertz CT molecular complexity index is 580. The van der Waals surface area contributed by atoms with E-state index in [2.05, 4.69) is 5.10 Å². The molecular weight excluding hydrogens is 239 g/mol. The van der Waals surface area contributed by atoms with E-state index in [0.29, 0.717) is 0 Å². The molecule has 94 valence electrons. The van der Waals surface area contributed by atoms with Crippen LogP contribution in [0.1, 0.15) is 15.9 Å². The number of halogens is 1. The number of aromatic nitrogens is 2. The topological polar surface area (TPSA) is 75.4 Å². The van der Waals surface area contributed by atoms with E-state index in [0.717, 1.165) is 18.2 Å². The van der Waals surface area contributed by atoms with E-state index in [1.54, 1.807) is 0 Å². The minimum absolute atomic E-state index is 0.0967. The first kappa shape index (κ1) is 12.3. The number of phenols is 1. The Morgan fingerprint density at radius 1 is 1.44 bits per heavy atom. The summed E-state index contributed by atoms with van der Waals surface area (Å²) in [7, 11) is 0. The predicted molar refractivity (Wildman–Crippen MR) is 60.8 cm³/mol. The summed E-state index contributed by atoms with van der Waals surface area (Å²) in [6, 6.07) is 3.17. The lowest BCUT2D eigenvalue weighted by molar-refractivity contribution is 0.103. The van der Waals surface area contributed by atoms with Crippen LogP contribution < -0.4 is 0 Å². The van der Waals surface area contributed by atoms with E-state index >= 15 is 0 Å². The molecule has 0 bridgehead atoms. The van der Waals surface area contributed by atoms with Gasteiger partial charge in [-0.1, -0.05) is 0 Å². The molecule has 0 spiro atoms. The molecule has 2 N–H and O–H groups in total. The third kappa shape index (κ3) is 2.38. The summed E-state index contributed by atoms with van der Waals surface area (Å²) in [6.07, 6.45) is 2.74. The van der Waals surface area contributed by atoms with Crippen LogP contribution in [0.25, 0.3) is 0 Å². The van der Waals surface area contributed by atoms with Crippen LogP contribution >= 0.6 is 0 Å². The lowest BCUT2D eigenvalue weighted by Crippen LogP contribution is -2.03. The monoisotopic (exact) mass is 250 g/mol. The maximum atomic E-state index is 13.0. The van der Waals surface area contributed by atoms with Crippen molar-refractivity contribution >= 4 is 5.78 Å². The van der Waals surface area contributed by atoms with Crippen molar-refractivity contribution in [1.82, 2.24) is 9.78 Å². The molecule has 2 rings (SSSR count). The van der Waals surface area contributed by atoms with Crippen LogP contribution in [-0.2, 0) is 6.54 Å². The van der Waals surface area contributed by atoms with Crippen LogP contribution in [0.15, 0.2) is 30.6 Å². The summed E-state index contributed by atoms with van der Waals surface area (Å²) in [6.45, 7) is 0.170. The molecular formula is C12H11FN2O3. The van der Waals surface area contributed by atoms with Gasteiger partial charge in [0, 0.05) is 6.20 Å². The van der Waals surface area contributed by atoms with Gasteiger partial charge < -0.3 is 10.2 Å². The highest BCUT2D eigenvalue weighted by Crippen LogP contribution is 2.21. The zero-order valence-corrected chi connectivity index (χ0v) is 9.38. The van der Waals surface area contributed by atoms with Crippen molar-refractivity contribution in [1.29, 1.82) is 0 Å². The quantitative estimate of drug-likeness (QED) is 0.792. The molecule has 0 saturated carbocycles. The second kappa shape index (κ2) is 4.97. The Morgan fingerprint density at radius 2 is 2.22 bits per heavy atom. The molecule has 0 saturated heterocycles. The Balaban J connectivity index is 2.32. The molecule has 0 unspecified atom stereocenters. The lowest BCUT2D eigenvalue weighted by Gasteiger charge is -2.01. The molecule has 0 aliphatic carbocycles. The van der Waals surface area contributed by atoms with Gasteiger partial charge in [-0.05, 0) is 18.2 Å². The Hall–Kier alpha value is -2.21. The van der Waals surface area contributed by atoms with E-state index in [1.165, 1.54) is 17.1 Å². The number of benzene rings is 1. The second-order valence-corrected chi connectivity index (χ2v) is 3.71. The molecule has 1 aromatic carbocycles. The average molecular weight is 250 g/mol. The highest BCUT2D eigenvalue weighted by Gasteiger charge is 2.16. The first-order chi connectivity index (χ1) is 8.61. The number of ketones is 1. The van der Waals surface area contributed by atoms with E-state index in [1.807, 2.05) is 0 Å². The Kier molecular flexibility index (Phi) is 3.38. The Morgan fingerprint density at radius 3 is 2.94 bits per heavy atom. The molecule has 0 atom stereocenters. The maximum absolute atomic E-state index is 13.0. The van der Waals surface area contributed by atoms with Crippen LogP contribution in [-0.4, -0.2) is 32.4 Å². The number of aliphatic hydroxyl groups is 1. The van der Waals surface area contributed by atoms with Crippen LogP contribution in [0.2, 0.25) is 0 Å². The van der Waals surface area contributed by atoms with Crippen LogP contribution in [0.5, 0.6) is 5.75 Å². The SMILES string of the molecule is O=C(c1cnn(CCO)c1)c1cc(F)ccc1O. The number of aromatic hydroxyl groups is 1. The van der Waals surface area contributed by atoms with Crippen molar-refractivity contribution in [3.8, 4) is 5.75 Å². The highest BCUT2D eigenvalue weighted by molar-refractivity contribution is 6.10. The van der Waals surface area contributed by atoms with E-state index in [4.69, 9.17) is 5.11 Å². The minimum Gasteiger partial charge on any atom is -0.507 e. The molecule has 5 nitrogen and oxygen atoms in total. The van der Waals surface area contributed by atoms with Gasteiger partial charge in [-0.3, -0.25) is 9.48 Å². The molecule has 0 radical (unpaired) electrons. The summed E-state index contributed by atoms with van der Waals surface area (Å²) >= 11 is 0. The predicted octanol–water partition coefficient (Wildman–Crippen LogP) is 0.951. The summed E-state index contributed by atoms with van der Waals surface area (Å²) < 4.78 is 14.4. The van der Waals surface area contributed by atoms with Crippen molar-refractivity contribution in [2.75, 3.05) is 6.61 Å². The Labute approximate surface area is 102 Å². The van der Waals surface area contributed by atoms with Crippen molar-refractivity contribution in [3.63, 3.8) is 0 Å². The summed E-state index contributed by atoms with van der Waals surface area (Å²) in [5.74, 6) is -1.40. The van der Waals surface area contributed by atoms with Gasteiger partial charge in [0.05, 0.1) is 30.5 Å². The van der Waals surface area contributed by atoms with Crippen LogP contribution in [0.4, 0.5) is 4.39 Å². The van der Waals surface area contributed by atoms with Crippen LogP contribution in [0.3, 0.4) is 0 Å². The first-order valence-corrected chi connectivity index (χ1v) is 5.28. The zero-order chi connectivity index (χ0) is 13.1. The number of rotatable bonds is 4. The van der Waals surface area contributed by atoms with E-state index < -0.39 is 11.6 Å². The maximum Gasteiger partial charge on any atom is 0.200 e. The third-order valence-corrected chi connectivity index (χ3v) is 2.43. The summed E-state index contributed by atoms with van der Waals surface area (Å²) in [4.78, 5) is 12.0. The smallest absolute Gasteiger partial charge is 0.200 e. The molecule has 18 heavy (non-hydrogen) atoms. The minimum atomic E-state index is -0.598. The van der Waals surface area contributed by atoms with Gasteiger partial charge in [0.1, 0.15) is 11.6 Å². The number of phenolic OH excluding ortho intramolecular Hbond substituents is 1. The lowest BCUT2D eigenvalue weighted by atomic mass is 10.1. The van der Waals surface area contributed by atoms with Gasteiger partial charge in [-0.2, -0.15) is 5.10 Å². The zero-order valence-electron chi connectivity index (χ0n) is 9.38. The van der Waals surface area contributed by atoms with Crippen LogP contribution in [0, 0.1) is 5.82 Å². The second-order valence-electron chi connectivity index (χ2n) is 3.71. The largest absolute Gasteiger partial charge is 0.507 e. The molecule has 0 aliphatic rings. The number of carbonyl (C=O) groups is 1. The fourth-order valence-corrected chi connectivity index (χ4v) is 1.55. The number of hydrogen-bond acceptors (Lipinski definition) is 4. The summed E-state index contributed by atoms with van der Waals surface area (Å²) in [5.41, 5.74) is 0.114. The van der Waals surface area contributed by atoms with Gasteiger partial charge >= 0.3 is 0 Å². The molecule has 1 aromatic heterocycles. The van der Waals surface area contributed by atoms with E-state index in [9.17, 15) is 14.3 Å². The van der Waals surface area contributed by atoms with Gasteiger partial charge in [0.2, 0.25) is 0 Å².